The number of benzene rings is 1. The molecule has 0 saturated carbocycles. The van der Waals surface area contributed by atoms with Gasteiger partial charge in [-0.15, -0.1) is 0 Å². The van der Waals surface area contributed by atoms with Crippen LogP contribution in [0.15, 0.2) is 30.3 Å². The van der Waals surface area contributed by atoms with Crippen LogP contribution in [0.3, 0.4) is 0 Å². The lowest BCUT2D eigenvalue weighted by atomic mass is 9.99. The van der Waals surface area contributed by atoms with Gasteiger partial charge in [0.1, 0.15) is 22.0 Å². The van der Waals surface area contributed by atoms with Gasteiger partial charge in [0.05, 0.1) is 18.5 Å². The second-order valence-electron chi connectivity index (χ2n) is 9.82. The van der Waals surface area contributed by atoms with Crippen LogP contribution in [0, 0.1) is 5.92 Å². The van der Waals surface area contributed by atoms with E-state index in [4.69, 9.17) is 15.2 Å². The van der Waals surface area contributed by atoms with Crippen LogP contribution in [0.2, 0.25) is 0 Å². The van der Waals surface area contributed by atoms with E-state index < -0.39 is 40.0 Å². The summed E-state index contributed by atoms with van der Waals surface area (Å²) in [6, 6.07) is 8.17. The highest BCUT2D eigenvalue weighted by molar-refractivity contribution is 7.90. The van der Waals surface area contributed by atoms with Crippen molar-refractivity contribution in [2.75, 3.05) is 30.9 Å². The Bertz CT molecular complexity index is 914. The summed E-state index contributed by atoms with van der Waals surface area (Å²) in [5.41, 5.74) is 6.91. The molecule has 37 heavy (non-hydrogen) atoms. The van der Waals surface area contributed by atoms with Crippen LogP contribution in [-0.4, -0.2) is 81.5 Å². The van der Waals surface area contributed by atoms with Gasteiger partial charge < -0.3 is 25.8 Å². The molecule has 1 unspecified atom stereocenters. The highest BCUT2D eigenvalue weighted by Crippen LogP contribution is 2.13. The van der Waals surface area contributed by atoms with Crippen molar-refractivity contribution in [1.82, 2.24) is 10.6 Å². The number of rotatable bonds is 18. The molecule has 0 aromatic heterocycles. The lowest BCUT2D eigenvalue weighted by Crippen LogP contribution is -2.50. The quantitative estimate of drug-likeness (QED) is 0.158. The predicted molar refractivity (Wildman–Crippen MR) is 150 cm³/mol. The average molecular weight is 560 g/mol. The average Bonchev–Trinajstić information content (AvgIpc) is 2.84. The van der Waals surface area contributed by atoms with Gasteiger partial charge >= 0.3 is 5.97 Å². The van der Waals surface area contributed by atoms with Gasteiger partial charge in [0.2, 0.25) is 5.91 Å². The number of amides is 1. The molecule has 1 aromatic rings. The van der Waals surface area contributed by atoms with Crippen LogP contribution < -0.4 is 16.4 Å². The third-order valence-corrected chi connectivity index (χ3v) is 7.42. The van der Waals surface area contributed by atoms with Crippen molar-refractivity contribution in [2.45, 2.75) is 77.3 Å². The van der Waals surface area contributed by atoms with Gasteiger partial charge in [-0.1, -0.05) is 50.6 Å². The zero-order chi connectivity index (χ0) is 28.0. The Balaban J connectivity index is 3.08. The molecule has 212 valence electrons. The Kier molecular flexibility index (Phi) is 15.4. The van der Waals surface area contributed by atoms with E-state index in [1.807, 2.05) is 30.3 Å². The topological polar surface area (TPSA) is 137 Å². The highest BCUT2D eigenvalue weighted by Gasteiger charge is 2.30. The number of hydrogen-bond acceptors (Lipinski definition) is 9. The molecule has 0 radical (unpaired) electrons. The summed E-state index contributed by atoms with van der Waals surface area (Å²) in [6.45, 7) is 8.38. The molecule has 1 amide bonds. The normalized spacial score (nSPS) is 16.0. The second kappa shape index (κ2) is 17.0. The van der Waals surface area contributed by atoms with Crippen molar-refractivity contribution in [3.8, 4) is 0 Å². The maximum atomic E-state index is 13.4. The molecule has 0 aliphatic rings. The molecular weight excluding hydrogens is 514 g/mol. The van der Waals surface area contributed by atoms with Crippen molar-refractivity contribution >= 4 is 34.3 Å². The fourth-order valence-electron chi connectivity index (χ4n) is 3.51. The van der Waals surface area contributed by atoms with E-state index in [-0.39, 0.29) is 43.2 Å². The molecule has 0 aliphatic heterocycles. The SMILES string of the molecule is CC[C@H](C)[C@@H](COC(Cc1ccccc1)C(=O)N[C@@H](CCS(C)(=O)=O)C(=O)OC(C)C)NC[C@@H](N)CS. The molecule has 9 nitrogen and oxygen atoms in total. The first-order valence-electron chi connectivity index (χ1n) is 12.8. The number of nitrogens with one attached hydrogen (secondary N) is 2. The summed E-state index contributed by atoms with van der Waals surface area (Å²) in [7, 11) is -3.35. The Hall–Kier alpha value is -1.66. The number of hydrogen-bond donors (Lipinski definition) is 4. The molecular formula is C26H45N3O6S2. The van der Waals surface area contributed by atoms with Crippen LogP contribution in [0.1, 0.15) is 46.1 Å². The first-order chi connectivity index (χ1) is 17.4. The van der Waals surface area contributed by atoms with E-state index in [1.54, 1.807) is 13.8 Å². The molecule has 5 atom stereocenters. The van der Waals surface area contributed by atoms with Gasteiger partial charge in [-0.05, 0) is 31.7 Å². The van der Waals surface area contributed by atoms with Crippen molar-refractivity contribution in [1.29, 1.82) is 0 Å². The third-order valence-electron chi connectivity index (χ3n) is 5.97. The predicted octanol–water partition coefficient (Wildman–Crippen LogP) is 1.75. The zero-order valence-corrected chi connectivity index (χ0v) is 24.4. The maximum Gasteiger partial charge on any atom is 0.328 e. The molecule has 1 aromatic carbocycles. The van der Waals surface area contributed by atoms with Crippen LogP contribution in [0.4, 0.5) is 0 Å². The van der Waals surface area contributed by atoms with Gasteiger partial charge in [0, 0.05) is 37.1 Å². The van der Waals surface area contributed by atoms with E-state index in [9.17, 15) is 18.0 Å². The fraction of sp³-hybridized carbons (Fsp3) is 0.692. The number of sulfone groups is 1. The number of carbonyl (C=O) groups excluding carboxylic acids is 2. The van der Waals surface area contributed by atoms with Crippen molar-refractivity contribution in [3.63, 3.8) is 0 Å². The molecule has 0 aliphatic carbocycles. The molecule has 4 N–H and O–H groups in total. The lowest BCUT2D eigenvalue weighted by Gasteiger charge is -2.28. The summed E-state index contributed by atoms with van der Waals surface area (Å²) in [6.07, 6.45) is 0.875. The highest BCUT2D eigenvalue weighted by atomic mass is 32.2. The van der Waals surface area contributed by atoms with Crippen LogP contribution in [0.5, 0.6) is 0 Å². The minimum absolute atomic E-state index is 0.0473. The number of thiol groups is 1. The summed E-state index contributed by atoms with van der Waals surface area (Å²) < 4.78 is 34.9. The first kappa shape index (κ1) is 33.4. The summed E-state index contributed by atoms with van der Waals surface area (Å²) >= 11 is 4.24. The molecule has 0 heterocycles. The molecule has 1 rings (SSSR count). The summed E-state index contributed by atoms with van der Waals surface area (Å²) in [4.78, 5) is 26.1. The molecule has 0 bridgehead atoms. The number of esters is 1. The first-order valence-corrected chi connectivity index (χ1v) is 15.5. The van der Waals surface area contributed by atoms with E-state index in [2.05, 4.69) is 37.1 Å². The summed E-state index contributed by atoms with van der Waals surface area (Å²) in [5, 5.41) is 6.11. The number of carbonyl (C=O) groups is 2. The van der Waals surface area contributed by atoms with Crippen LogP contribution in [0.25, 0.3) is 0 Å². The second-order valence-corrected chi connectivity index (χ2v) is 12.4. The Labute approximate surface area is 228 Å². The molecule has 11 heteroatoms. The Morgan fingerprint density at radius 2 is 1.78 bits per heavy atom. The van der Waals surface area contributed by atoms with E-state index in [1.165, 1.54) is 0 Å². The molecule has 0 saturated heterocycles. The fourth-order valence-corrected chi connectivity index (χ4v) is 4.30. The standard InChI is InChI=1S/C26H45N3O6S2/c1-6-19(4)23(28-15-21(27)17-36)16-34-24(14-20-10-8-7-9-11-20)25(30)29-22(12-13-37(5,32)33)26(31)35-18(2)3/h7-11,18-19,21-24,28,36H,6,12-17,27H2,1-5H3,(H,29,30)/t19-,21+,22-,23+,24?/m0/s1. The Morgan fingerprint density at radius 3 is 2.32 bits per heavy atom. The molecule has 0 fully saturated rings. The van der Waals surface area contributed by atoms with Crippen LogP contribution in [-0.2, 0) is 35.3 Å². The third kappa shape index (κ3) is 14.2. The van der Waals surface area contributed by atoms with E-state index in [0.717, 1.165) is 18.2 Å². The van der Waals surface area contributed by atoms with Crippen molar-refractivity contribution < 1.29 is 27.5 Å². The van der Waals surface area contributed by atoms with Gasteiger partial charge in [0.15, 0.2) is 0 Å². The van der Waals surface area contributed by atoms with Gasteiger partial charge in [0.25, 0.3) is 0 Å². The van der Waals surface area contributed by atoms with Gasteiger partial charge in [-0.25, -0.2) is 13.2 Å². The van der Waals surface area contributed by atoms with Gasteiger partial charge in [-0.3, -0.25) is 4.79 Å². The van der Waals surface area contributed by atoms with Crippen molar-refractivity contribution in [3.05, 3.63) is 35.9 Å². The summed E-state index contributed by atoms with van der Waals surface area (Å²) in [5.74, 6) is -0.637. The van der Waals surface area contributed by atoms with E-state index in [0.29, 0.717) is 12.3 Å². The Morgan fingerprint density at radius 1 is 1.14 bits per heavy atom. The minimum Gasteiger partial charge on any atom is -0.461 e. The smallest absolute Gasteiger partial charge is 0.328 e. The number of ether oxygens (including phenoxy) is 2. The largest absolute Gasteiger partial charge is 0.461 e. The van der Waals surface area contributed by atoms with Crippen molar-refractivity contribution in [2.24, 2.45) is 11.7 Å². The molecule has 0 spiro atoms. The van der Waals surface area contributed by atoms with E-state index >= 15 is 0 Å². The number of nitrogens with two attached hydrogens (primary N) is 1. The van der Waals surface area contributed by atoms with Crippen LogP contribution >= 0.6 is 12.6 Å². The maximum absolute atomic E-state index is 13.4. The zero-order valence-electron chi connectivity index (χ0n) is 22.7. The van der Waals surface area contributed by atoms with Gasteiger partial charge in [-0.2, -0.15) is 12.6 Å². The monoisotopic (exact) mass is 559 g/mol. The minimum atomic E-state index is -3.35. The lowest BCUT2D eigenvalue weighted by molar-refractivity contribution is -0.153.